The van der Waals surface area contributed by atoms with E-state index >= 15 is 4.39 Å². The van der Waals surface area contributed by atoms with Gasteiger partial charge in [0.15, 0.2) is 0 Å². The second-order valence-corrected chi connectivity index (χ2v) is 9.44. The van der Waals surface area contributed by atoms with Crippen molar-refractivity contribution >= 4 is 16.8 Å². The van der Waals surface area contributed by atoms with Crippen LogP contribution in [0.25, 0.3) is 10.9 Å². The van der Waals surface area contributed by atoms with Crippen molar-refractivity contribution in [3.63, 3.8) is 0 Å². The van der Waals surface area contributed by atoms with Crippen LogP contribution in [0.4, 0.5) is 8.78 Å². The second-order valence-electron chi connectivity index (χ2n) is 9.44. The molecule has 0 saturated carbocycles. The predicted octanol–water partition coefficient (Wildman–Crippen LogP) is 4.94. The molecule has 1 amide bonds. The number of amides is 1. The molecular weight excluding hydrogens is 472 g/mol. The Kier molecular flexibility index (Phi) is 7.92. The van der Waals surface area contributed by atoms with Crippen LogP contribution in [-0.2, 0) is 16.1 Å². The first-order valence-electron chi connectivity index (χ1n) is 12.7. The summed E-state index contributed by atoms with van der Waals surface area (Å²) in [6.07, 6.45) is 2.14. The number of nitrogens with one attached hydrogen (secondary N) is 1. The molecule has 1 aliphatic heterocycles. The van der Waals surface area contributed by atoms with Crippen LogP contribution in [0, 0.1) is 11.6 Å². The van der Waals surface area contributed by atoms with Crippen molar-refractivity contribution in [2.75, 3.05) is 39.4 Å². The van der Waals surface area contributed by atoms with E-state index in [0.29, 0.717) is 31.9 Å². The number of carbonyl (C=O) groups is 1. The van der Waals surface area contributed by atoms with Crippen LogP contribution in [0.2, 0.25) is 0 Å². The molecule has 5 nitrogen and oxygen atoms in total. The van der Waals surface area contributed by atoms with Crippen LogP contribution in [0.5, 0.6) is 0 Å². The maximum Gasteiger partial charge on any atom is 0.220 e. The Morgan fingerprint density at radius 3 is 2.43 bits per heavy atom. The maximum atomic E-state index is 15.1. The van der Waals surface area contributed by atoms with Crippen LogP contribution in [0.1, 0.15) is 29.0 Å². The zero-order chi connectivity index (χ0) is 25.6. The van der Waals surface area contributed by atoms with Gasteiger partial charge in [-0.3, -0.25) is 9.69 Å². The summed E-state index contributed by atoms with van der Waals surface area (Å²) in [6, 6.07) is 21.0. The summed E-state index contributed by atoms with van der Waals surface area (Å²) < 4.78 is 36.0. The average Bonchev–Trinajstić information content (AvgIpc) is 3.28. The number of para-hydroxylation sites is 1. The van der Waals surface area contributed by atoms with E-state index in [9.17, 15) is 9.18 Å². The highest BCUT2D eigenvalue weighted by atomic mass is 19.1. The second kappa shape index (κ2) is 11.7. The Morgan fingerprint density at radius 1 is 0.919 bits per heavy atom. The first-order valence-corrected chi connectivity index (χ1v) is 12.7. The highest BCUT2D eigenvalue weighted by Crippen LogP contribution is 2.36. The molecule has 0 aliphatic carbocycles. The molecule has 192 valence electrons. The highest BCUT2D eigenvalue weighted by Gasteiger charge is 2.25. The molecule has 0 unspecified atom stereocenters. The monoisotopic (exact) mass is 503 g/mol. The molecular formula is C30H31F2N3O2. The zero-order valence-corrected chi connectivity index (χ0v) is 20.7. The topological polar surface area (TPSA) is 46.5 Å². The third kappa shape index (κ3) is 6.06. The van der Waals surface area contributed by atoms with E-state index in [0.717, 1.165) is 41.7 Å². The van der Waals surface area contributed by atoms with E-state index in [4.69, 9.17) is 4.74 Å². The van der Waals surface area contributed by atoms with Gasteiger partial charge in [-0.15, -0.1) is 0 Å². The summed E-state index contributed by atoms with van der Waals surface area (Å²) in [7, 11) is 0. The molecule has 37 heavy (non-hydrogen) atoms. The molecule has 4 aromatic rings. The van der Waals surface area contributed by atoms with E-state index in [1.807, 2.05) is 30.5 Å². The van der Waals surface area contributed by atoms with Gasteiger partial charge in [-0.05, 0) is 41.0 Å². The largest absolute Gasteiger partial charge is 0.379 e. The Balaban J connectivity index is 1.42. The van der Waals surface area contributed by atoms with Crippen molar-refractivity contribution in [2.45, 2.75) is 18.9 Å². The Morgan fingerprint density at radius 2 is 1.65 bits per heavy atom. The summed E-state index contributed by atoms with van der Waals surface area (Å²) in [4.78, 5) is 15.4. The Labute approximate surface area is 215 Å². The Hall–Kier alpha value is -3.55. The molecule has 0 spiro atoms. The quantitative estimate of drug-likeness (QED) is 0.352. The van der Waals surface area contributed by atoms with Gasteiger partial charge in [0.2, 0.25) is 5.91 Å². The van der Waals surface area contributed by atoms with Crippen LogP contribution < -0.4 is 5.32 Å². The third-order valence-electron chi connectivity index (χ3n) is 6.99. The molecule has 2 heterocycles. The summed E-state index contributed by atoms with van der Waals surface area (Å²) in [5.74, 6) is -1.18. The van der Waals surface area contributed by atoms with Gasteiger partial charge in [-0.25, -0.2) is 8.78 Å². The highest BCUT2D eigenvalue weighted by molar-refractivity contribution is 5.86. The number of carbonyl (C=O) groups excluding carboxylic acids is 1. The fourth-order valence-corrected chi connectivity index (χ4v) is 5.05. The van der Waals surface area contributed by atoms with Crippen molar-refractivity contribution in [1.82, 2.24) is 14.8 Å². The molecule has 1 fully saturated rings. The van der Waals surface area contributed by atoms with Gasteiger partial charge in [0.1, 0.15) is 11.6 Å². The number of hydrogen-bond donors (Lipinski definition) is 1. The number of aromatic nitrogens is 1. The molecule has 5 rings (SSSR count). The van der Waals surface area contributed by atoms with Crippen LogP contribution in [-0.4, -0.2) is 54.8 Å². The third-order valence-corrected chi connectivity index (χ3v) is 6.99. The van der Waals surface area contributed by atoms with Gasteiger partial charge in [0.05, 0.1) is 13.2 Å². The van der Waals surface area contributed by atoms with Crippen molar-refractivity contribution in [3.05, 3.63) is 107 Å². The SMILES string of the molecule is O=C(C[C@H](c1ccccc1F)c1cn(Cc2ccc(F)cc2)c2ccccc12)NCCN1CCOCC1. The van der Waals surface area contributed by atoms with Gasteiger partial charge in [0.25, 0.3) is 0 Å². The van der Waals surface area contributed by atoms with Crippen molar-refractivity contribution < 1.29 is 18.3 Å². The van der Waals surface area contributed by atoms with E-state index in [-0.39, 0.29) is 24.0 Å². The van der Waals surface area contributed by atoms with Crippen LogP contribution in [0.15, 0.2) is 79.0 Å². The lowest BCUT2D eigenvalue weighted by Crippen LogP contribution is -2.41. The number of halogens is 2. The van der Waals surface area contributed by atoms with E-state index < -0.39 is 5.92 Å². The van der Waals surface area contributed by atoms with Crippen molar-refractivity contribution in [3.8, 4) is 0 Å². The lowest BCUT2D eigenvalue weighted by atomic mass is 9.87. The number of morpholine rings is 1. The number of ether oxygens (including phenoxy) is 1. The number of rotatable bonds is 9. The molecule has 3 aromatic carbocycles. The first-order chi connectivity index (χ1) is 18.1. The number of fused-ring (bicyclic) bond motifs is 1. The van der Waals surface area contributed by atoms with E-state index in [2.05, 4.69) is 14.8 Å². The van der Waals surface area contributed by atoms with Gasteiger partial charge in [0, 0.05) is 62.2 Å². The minimum atomic E-state index is -0.455. The molecule has 1 aliphatic rings. The lowest BCUT2D eigenvalue weighted by molar-refractivity contribution is -0.121. The van der Waals surface area contributed by atoms with Crippen molar-refractivity contribution in [2.24, 2.45) is 0 Å². The molecule has 1 aromatic heterocycles. The smallest absolute Gasteiger partial charge is 0.220 e. The standard InChI is InChI=1S/C30H31F2N3O2/c31-23-11-9-22(10-12-23)20-35-21-27(25-6-2-4-8-29(25)35)26(24-5-1-3-7-28(24)32)19-30(36)33-13-14-34-15-17-37-18-16-34/h1-12,21,26H,13-20H2,(H,33,36)/t26-/m1/s1. The summed E-state index contributed by atoms with van der Waals surface area (Å²) in [6.45, 7) is 4.99. The first kappa shape index (κ1) is 25.1. The predicted molar refractivity (Wildman–Crippen MR) is 141 cm³/mol. The number of hydrogen-bond acceptors (Lipinski definition) is 3. The van der Waals surface area contributed by atoms with Crippen LogP contribution >= 0.6 is 0 Å². The maximum absolute atomic E-state index is 15.1. The molecule has 0 bridgehead atoms. The normalized spacial score (nSPS) is 15.1. The summed E-state index contributed by atoms with van der Waals surface area (Å²) in [5, 5.41) is 4.00. The molecule has 7 heteroatoms. The Bertz CT molecular complexity index is 1350. The number of benzene rings is 3. The molecule has 1 N–H and O–H groups in total. The van der Waals surface area contributed by atoms with Gasteiger partial charge >= 0.3 is 0 Å². The van der Waals surface area contributed by atoms with E-state index in [1.54, 1.807) is 30.3 Å². The minimum absolute atomic E-state index is 0.114. The van der Waals surface area contributed by atoms with E-state index in [1.165, 1.54) is 18.2 Å². The average molecular weight is 504 g/mol. The summed E-state index contributed by atoms with van der Waals surface area (Å²) >= 11 is 0. The minimum Gasteiger partial charge on any atom is -0.379 e. The fourth-order valence-electron chi connectivity index (χ4n) is 5.05. The van der Waals surface area contributed by atoms with Crippen LogP contribution in [0.3, 0.4) is 0 Å². The molecule has 1 saturated heterocycles. The fraction of sp³-hybridized carbons (Fsp3) is 0.300. The molecule has 0 radical (unpaired) electrons. The van der Waals surface area contributed by atoms with Gasteiger partial charge < -0.3 is 14.6 Å². The summed E-state index contributed by atoms with van der Waals surface area (Å²) in [5.41, 5.74) is 3.33. The van der Waals surface area contributed by atoms with Gasteiger partial charge in [-0.1, -0.05) is 48.5 Å². The molecule has 1 atom stereocenters. The van der Waals surface area contributed by atoms with Crippen molar-refractivity contribution in [1.29, 1.82) is 0 Å². The number of nitrogens with zero attached hydrogens (tertiary/aromatic N) is 2. The zero-order valence-electron chi connectivity index (χ0n) is 20.7. The van der Waals surface area contributed by atoms with Gasteiger partial charge in [-0.2, -0.15) is 0 Å². The lowest BCUT2D eigenvalue weighted by Gasteiger charge is -2.26.